The zero-order valence-electron chi connectivity index (χ0n) is 55.2. The molecule has 0 radical (unpaired) electrons. The van der Waals surface area contributed by atoms with Gasteiger partial charge < -0.3 is 14.2 Å². The Morgan fingerprint density at radius 3 is 0.783 bits per heavy atom. The van der Waals surface area contributed by atoms with E-state index < -0.39 is 6.10 Å². The van der Waals surface area contributed by atoms with Gasteiger partial charge in [-0.15, -0.1) is 0 Å². The number of carbonyl (C=O) groups excluding carboxylic acids is 3. The lowest BCUT2D eigenvalue weighted by Gasteiger charge is -2.18. The van der Waals surface area contributed by atoms with Gasteiger partial charge in [0.15, 0.2) is 6.10 Å². The SMILES string of the molecule is CC/C=C\C/C=C\C/C=C\C/C=C\C/C=C\C/C=C\CCCCCCCCCCCCC(=O)OCC(COC(=O)CCCCCCC/C=C\CCCC)OC(=O)CCCCCCCCCCCCCCCCCCCCCCCCCCC. The van der Waals surface area contributed by atoms with Crippen LogP contribution in [0.2, 0.25) is 0 Å². The van der Waals surface area contributed by atoms with Crippen LogP contribution in [0.3, 0.4) is 0 Å². The van der Waals surface area contributed by atoms with Crippen LogP contribution in [0.4, 0.5) is 0 Å². The molecule has 0 aliphatic rings. The van der Waals surface area contributed by atoms with Gasteiger partial charge in [-0.25, -0.2) is 0 Å². The predicted molar refractivity (Wildman–Crippen MR) is 362 cm³/mol. The number of unbranched alkanes of at least 4 members (excludes halogenated alkanes) is 41. The number of carbonyl (C=O) groups is 3. The van der Waals surface area contributed by atoms with Crippen molar-refractivity contribution in [3.8, 4) is 0 Å². The van der Waals surface area contributed by atoms with Crippen LogP contribution in [0.15, 0.2) is 85.1 Å². The van der Waals surface area contributed by atoms with E-state index in [0.717, 1.165) is 103 Å². The lowest BCUT2D eigenvalue weighted by Crippen LogP contribution is -2.30. The number of hydrogen-bond donors (Lipinski definition) is 0. The molecule has 1 unspecified atom stereocenters. The molecular weight excluding hydrogens is 1020 g/mol. The highest BCUT2D eigenvalue weighted by atomic mass is 16.6. The second kappa shape index (κ2) is 71.1. The zero-order valence-corrected chi connectivity index (χ0v) is 55.2. The standard InChI is InChI=1S/C77H136O6/c1-4-7-10-13-16-19-22-24-26-28-30-32-34-36-37-38-39-41-42-44-46-48-50-52-55-58-61-64-67-70-76(79)82-73-74(72-81-75(78)69-66-63-60-57-54-21-18-15-12-9-6-3)83-77(80)71-68-65-62-59-56-53-51-49-47-45-43-40-35-33-31-29-27-25-23-20-17-14-11-8-5-2/h7,10,15-16,18-19,24,26,30,32,36-37,39,41,74H,4-6,8-9,11-14,17,20-23,25,27-29,31,33-35,38,40,42-73H2,1-3H3/b10-7-,18-15-,19-16-,26-24-,32-30-,37-36-,41-39-. The van der Waals surface area contributed by atoms with Crippen molar-refractivity contribution in [1.29, 1.82) is 0 Å². The van der Waals surface area contributed by atoms with E-state index in [0.29, 0.717) is 19.3 Å². The van der Waals surface area contributed by atoms with Gasteiger partial charge >= 0.3 is 17.9 Å². The molecule has 480 valence electrons. The fourth-order valence-corrected chi connectivity index (χ4v) is 10.5. The molecule has 0 heterocycles. The largest absolute Gasteiger partial charge is 0.462 e. The van der Waals surface area contributed by atoms with Gasteiger partial charge in [0, 0.05) is 19.3 Å². The average Bonchev–Trinajstić information content (AvgIpc) is 3.48. The Hall–Kier alpha value is -3.41. The molecule has 0 rings (SSSR count). The highest BCUT2D eigenvalue weighted by Gasteiger charge is 2.19. The maximum absolute atomic E-state index is 13.0. The molecular formula is C77H136O6. The molecule has 0 aliphatic heterocycles. The first-order valence-electron chi connectivity index (χ1n) is 36.1. The van der Waals surface area contributed by atoms with Crippen molar-refractivity contribution < 1.29 is 28.6 Å². The molecule has 0 amide bonds. The predicted octanol–water partition coefficient (Wildman–Crippen LogP) is 25.0. The third-order valence-electron chi connectivity index (χ3n) is 15.9. The van der Waals surface area contributed by atoms with Gasteiger partial charge in [0.1, 0.15) is 13.2 Å². The Morgan fingerprint density at radius 1 is 0.253 bits per heavy atom. The third-order valence-corrected chi connectivity index (χ3v) is 15.9. The monoisotopic (exact) mass is 1160 g/mol. The second-order valence-electron chi connectivity index (χ2n) is 24.1. The summed E-state index contributed by atoms with van der Waals surface area (Å²) in [5, 5.41) is 0. The van der Waals surface area contributed by atoms with E-state index in [1.165, 1.54) is 225 Å². The summed E-state index contributed by atoms with van der Waals surface area (Å²) < 4.78 is 17.0. The molecule has 1 atom stereocenters. The summed E-state index contributed by atoms with van der Waals surface area (Å²) in [4.78, 5) is 38.4. The van der Waals surface area contributed by atoms with Gasteiger partial charge in [-0.05, 0) is 89.9 Å². The third kappa shape index (κ3) is 69.3. The van der Waals surface area contributed by atoms with Crippen LogP contribution in [0.1, 0.15) is 367 Å². The Kier molecular flexibility index (Phi) is 68.2. The van der Waals surface area contributed by atoms with Gasteiger partial charge in [-0.2, -0.15) is 0 Å². The summed E-state index contributed by atoms with van der Waals surface area (Å²) in [5.41, 5.74) is 0. The number of esters is 3. The fourth-order valence-electron chi connectivity index (χ4n) is 10.5. The Morgan fingerprint density at radius 2 is 0.482 bits per heavy atom. The maximum Gasteiger partial charge on any atom is 0.306 e. The molecule has 0 saturated heterocycles. The molecule has 0 spiro atoms. The minimum absolute atomic E-state index is 0.0778. The highest BCUT2D eigenvalue weighted by Crippen LogP contribution is 2.18. The van der Waals surface area contributed by atoms with E-state index >= 15 is 0 Å². The van der Waals surface area contributed by atoms with Crippen molar-refractivity contribution in [2.45, 2.75) is 374 Å². The first-order chi connectivity index (χ1) is 41.0. The van der Waals surface area contributed by atoms with Crippen molar-refractivity contribution in [2.24, 2.45) is 0 Å². The van der Waals surface area contributed by atoms with Gasteiger partial charge in [0.25, 0.3) is 0 Å². The molecule has 0 aromatic heterocycles. The van der Waals surface area contributed by atoms with Gasteiger partial charge in [0.2, 0.25) is 0 Å². The zero-order chi connectivity index (χ0) is 59.9. The van der Waals surface area contributed by atoms with Crippen LogP contribution in [-0.4, -0.2) is 37.2 Å². The molecule has 0 N–H and O–H groups in total. The van der Waals surface area contributed by atoms with Crippen molar-refractivity contribution >= 4 is 17.9 Å². The molecule has 0 fully saturated rings. The summed E-state index contributed by atoms with van der Waals surface area (Å²) in [6.07, 6.45) is 94.8. The van der Waals surface area contributed by atoms with Gasteiger partial charge in [0.05, 0.1) is 0 Å². The molecule has 6 heteroatoms. The molecule has 83 heavy (non-hydrogen) atoms. The van der Waals surface area contributed by atoms with E-state index in [-0.39, 0.29) is 31.1 Å². The van der Waals surface area contributed by atoms with E-state index in [4.69, 9.17) is 14.2 Å². The van der Waals surface area contributed by atoms with Crippen molar-refractivity contribution in [3.63, 3.8) is 0 Å². The average molecular weight is 1160 g/mol. The summed E-state index contributed by atoms with van der Waals surface area (Å²) in [6.45, 7) is 6.53. The molecule has 0 aromatic carbocycles. The Balaban J connectivity index is 4.21. The number of ether oxygens (including phenoxy) is 3. The maximum atomic E-state index is 13.0. The quantitative estimate of drug-likeness (QED) is 0.0261. The minimum Gasteiger partial charge on any atom is -0.462 e. The Labute approximate surface area is 515 Å². The van der Waals surface area contributed by atoms with Crippen LogP contribution < -0.4 is 0 Å². The number of allylic oxidation sites excluding steroid dienone is 14. The molecule has 6 nitrogen and oxygen atoms in total. The van der Waals surface area contributed by atoms with Crippen molar-refractivity contribution in [3.05, 3.63) is 85.1 Å². The van der Waals surface area contributed by atoms with Crippen molar-refractivity contribution in [2.75, 3.05) is 13.2 Å². The smallest absolute Gasteiger partial charge is 0.306 e. The first-order valence-corrected chi connectivity index (χ1v) is 36.1. The summed E-state index contributed by atoms with van der Waals surface area (Å²) >= 11 is 0. The topological polar surface area (TPSA) is 78.9 Å². The number of hydrogen-bond acceptors (Lipinski definition) is 6. The van der Waals surface area contributed by atoms with E-state index in [2.05, 4.69) is 106 Å². The van der Waals surface area contributed by atoms with E-state index in [1.807, 2.05) is 0 Å². The minimum atomic E-state index is -0.781. The van der Waals surface area contributed by atoms with E-state index in [9.17, 15) is 14.4 Å². The Bertz CT molecular complexity index is 1570. The van der Waals surface area contributed by atoms with Crippen LogP contribution in [0, 0.1) is 0 Å². The normalized spacial score (nSPS) is 12.6. The van der Waals surface area contributed by atoms with Crippen molar-refractivity contribution in [1.82, 2.24) is 0 Å². The van der Waals surface area contributed by atoms with Crippen LogP contribution in [0.25, 0.3) is 0 Å². The molecule has 0 saturated carbocycles. The summed E-state index contributed by atoms with van der Waals surface area (Å²) in [5.74, 6) is -0.872. The number of rotatable bonds is 66. The van der Waals surface area contributed by atoms with E-state index in [1.54, 1.807) is 0 Å². The summed E-state index contributed by atoms with van der Waals surface area (Å²) in [7, 11) is 0. The lowest BCUT2D eigenvalue weighted by atomic mass is 10.0. The lowest BCUT2D eigenvalue weighted by molar-refractivity contribution is -0.167. The second-order valence-corrected chi connectivity index (χ2v) is 24.1. The van der Waals surface area contributed by atoms with Crippen LogP contribution in [0.5, 0.6) is 0 Å². The van der Waals surface area contributed by atoms with Crippen LogP contribution in [-0.2, 0) is 28.6 Å². The van der Waals surface area contributed by atoms with Gasteiger partial charge in [-0.1, -0.05) is 343 Å². The highest BCUT2D eigenvalue weighted by molar-refractivity contribution is 5.71. The molecule has 0 bridgehead atoms. The first kappa shape index (κ1) is 79.6. The fraction of sp³-hybridized carbons (Fsp3) is 0.779. The molecule has 0 aromatic rings. The van der Waals surface area contributed by atoms with Gasteiger partial charge in [-0.3, -0.25) is 14.4 Å². The summed E-state index contributed by atoms with van der Waals surface area (Å²) in [6, 6.07) is 0. The van der Waals surface area contributed by atoms with Crippen LogP contribution >= 0.6 is 0 Å². The molecule has 0 aliphatic carbocycles.